The van der Waals surface area contributed by atoms with Crippen LogP contribution < -0.4 is 5.46 Å². The molecule has 0 amide bonds. The van der Waals surface area contributed by atoms with Crippen LogP contribution in [0.1, 0.15) is 70.4 Å². The van der Waals surface area contributed by atoms with Gasteiger partial charge in [0.1, 0.15) is 7.85 Å². The van der Waals surface area contributed by atoms with E-state index < -0.39 is 0 Å². The minimum absolute atomic E-state index is 0.627. The smallest absolute Gasteiger partial charge is 0.115 e. The summed E-state index contributed by atoms with van der Waals surface area (Å²) in [5.74, 6) is 0.627. The number of nitrogens with zero attached hydrogens (tertiary/aromatic N) is 1. The van der Waals surface area contributed by atoms with Gasteiger partial charge in [-0.15, -0.1) is 0 Å². The Morgan fingerprint density at radius 2 is 1.76 bits per heavy atom. The normalized spacial score (nSPS) is 12.6. The fraction of sp³-hybridized carbons (Fsp3) is 0.667. The largest absolute Gasteiger partial charge is 0.262 e. The molecule has 0 N–H and O–H groups in total. The fourth-order valence-corrected chi connectivity index (χ4v) is 2.19. The number of aromatic nitrogens is 1. The van der Waals surface area contributed by atoms with Crippen LogP contribution in [0, 0.1) is 0 Å². The van der Waals surface area contributed by atoms with Gasteiger partial charge in [0.25, 0.3) is 0 Å². The minimum Gasteiger partial charge on any atom is -0.262 e. The Labute approximate surface area is 107 Å². The average Bonchev–Trinajstić information content (AvgIpc) is 2.35. The molecule has 0 aliphatic rings. The third-order valence-corrected chi connectivity index (χ3v) is 3.29. The first-order valence-corrected chi connectivity index (χ1v) is 6.99. The zero-order chi connectivity index (χ0) is 12.5. The SMILES string of the molecule is [B]c1ccc(C(CCCC)CCCCC)nc1. The number of hydrogen-bond donors (Lipinski definition) is 0. The summed E-state index contributed by atoms with van der Waals surface area (Å²) >= 11 is 0. The van der Waals surface area contributed by atoms with Crippen LogP contribution in [0.25, 0.3) is 0 Å². The van der Waals surface area contributed by atoms with Gasteiger partial charge in [0, 0.05) is 17.8 Å². The summed E-state index contributed by atoms with van der Waals surface area (Å²) in [6.07, 6.45) is 10.8. The summed E-state index contributed by atoms with van der Waals surface area (Å²) < 4.78 is 0. The van der Waals surface area contributed by atoms with Crippen molar-refractivity contribution >= 4 is 13.3 Å². The van der Waals surface area contributed by atoms with Gasteiger partial charge in [-0.2, -0.15) is 0 Å². The zero-order valence-electron chi connectivity index (χ0n) is 11.3. The van der Waals surface area contributed by atoms with Crippen molar-refractivity contribution in [3.63, 3.8) is 0 Å². The van der Waals surface area contributed by atoms with Crippen LogP contribution in [0.5, 0.6) is 0 Å². The second-order valence-corrected chi connectivity index (χ2v) is 4.85. The van der Waals surface area contributed by atoms with Crippen molar-refractivity contribution in [1.82, 2.24) is 4.98 Å². The topological polar surface area (TPSA) is 12.9 Å². The molecule has 0 aliphatic carbocycles. The van der Waals surface area contributed by atoms with Crippen molar-refractivity contribution in [1.29, 1.82) is 0 Å². The Bertz CT molecular complexity index is 294. The minimum atomic E-state index is 0.627. The van der Waals surface area contributed by atoms with Gasteiger partial charge in [-0.25, -0.2) is 0 Å². The van der Waals surface area contributed by atoms with Crippen LogP contribution in [0.3, 0.4) is 0 Å². The van der Waals surface area contributed by atoms with Crippen LogP contribution in [0.4, 0.5) is 0 Å². The lowest BCUT2D eigenvalue weighted by molar-refractivity contribution is 0.506. The molecule has 2 heteroatoms. The predicted octanol–water partition coefficient (Wildman–Crippen LogP) is 3.73. The van der Waals surface area contributed by atoms with E-state index in [1.165, 1.54) is 50.6 Å². The Balaban J connectivity index is 2.57. The molecule has 1 heterocycles. The third kappa shape index (κ3) is 5.38. The van der Waals surface area contributed by atoms with Gasteiger partial charge >= 0.3 is 0 Å². The molecule has 0 aliphatic heterocycles. The lowest BCUT2D eigenvalue weighted by atomic mass is 9.90. The van der Waals surface area contributed by atoms with Crippen LogP contribution in [0.2, 0.25) is 0 Å². The van der Waals surface area contributed by atoms with Gasteiger partial charge in [0.2, 0.25) is 0 Å². The molecule has 2 radical (unpaired) electrons. The highest BCUT2D eigenvalue weighted by Crippen LogP contribution is 2.25. The van der Waals surface area contributed by atoms with Crippen molar-refractivity contribution in [2.24, 2.45) is 0 Å². The molecule has 0 saturated heterocycles. The second kappa shape index (κ2) is 8.33. The van der Waals surface area contributed by atoms with E-state index in [2.05, 4.69) is 24.9 Å². The van der Waals surface area contributed by atoms with Crippen molar-refractivity contribution in [3.05, 3.63) is 24.0 Å². The number of pyridine rings is 1. The zero-order valence-corrected chi connectivity index (χ0v) is 11.3. The van der Waals surface area contributed by atoms with Gasteiger partial charge in [-0.1, -0.05) is 57.5 Å². The molecule has 1 nitrogen and oxygen atoms in total. The first-order chi connectivity index (χ1) is 8.27. The Kier molecular flexibility index (Phi) is 6.99. The maximum Gasteiger partial charge on any atom is 0.115 e. The number of unbranched alkanes of at least 4 members (excludes halogenated alkanes) is 3. The fourth-order valence-electron chi connectivity index (χ4n) is 2.19. The lowest BCUT2D eigenvalue weighted by Gasteiger charge is -2.16. The molecule has 0 saturated carbocycles. The average molecular weight is 229 g/mol. The molecule has 1 rings (SSSR count). The maximum atomic E-state index is 5.69. The van der Waals surface area contributed by atoms with Crippen molar-refractivity contribution in [3.8, 4) is 0 Å². The van der Waals surface area contributed by atoms with Crippen LogP contribution >= 0.6 is 0 Å². The van der Waals surface area contributed by atoms with Crippen LogP contribution in [-0.2, 0) is 0 Å². The molecule has 1 unspecified atom stereocenters. The summed E-state index contributed by atoms with van der Waals surface area (Å²) in [5, 5.41) is 0. The van der Waals surface area contributed by atoms with E-state index in [1.54, 1.807) is 6.20 Å². The maximum absolute atomic E-state index is 5.69. The van der Waals surface area contributed by atoms with Gasteiger partial charge < -0.3 is 0 Å². The molecule has 1 aromatic heterocycles. The Morgan fingerprint density at radius 1 is 1.06 bits per heavy atom. The van der Waals surface area contributed by atoms with Crippen LogP contribution in [-0.4, -0.2) is 12.8 Å². The Hall–Kier alpha value is -0.785. The third-order valence-electron chi connectivity index (χ3n) is 3.29. The van der Waals surface area contributed by atoms with E-state index in [1.807, 2.05) is 6.07 Å². The molecular formula is C15H24BN. The standard InChI is InChI=1S/C15H24BN/c1-3-5-7-9-13(8-6-4-2)15-11-10-14(16)12-17-15/h10-13H,3-9H2,1-2H3. The highest BCUT2D eigenvalue weighted by Gasteiger charge is 2.11. The van der Waals surface area contributed by atoms with Gasteiger partial charge in [0.05, 0.1) is 0 Å². The van der Waals surface area contributed by atoms with Gasteiger partial charge in [-0.05, 0) is 18.9 Å². The molecule has 1 atom stereocenters. The van der Waals surface area contributed by atoms with Gasteiger partial charge in [-0.3, -0.25) is 4.98 Å². The molecule has 0 spiro atoms. The number of hydrogen-bond acceptors (Lipinski definition) is 1. The molecular weight excluding hydrogens is 205 g/mol. The summed E-state index contributed by atoms with van der Waals surface area (Å²) in [6.45, 7) is 4.50. The predicted molar refractivity (Wildman–Crippen MR) is 76.0 cm³/mol. The van der Waals surface area contributed by atoms with Gasteiger partial charge in [0.15, 0.2) is 0 Å². The summed E-state index contributed by atoms with van der Waals surface area (Å²) in [5.41, 5.74) is 1.99. The first-order valence-electron chi connectivity index (χ1n) is 6.99. The quantitative estimate of drug-likeness (QED) is 0.489. The second-order valence-electron chi connectivity index (χ2n) is 4.85. The first kappa shape index (κ1) is 14.3. The van der Waals surface area contributed by atoms with Crippen molar-refractivity contribution < 1.29 is 0 Å². The van der Waals surface area contributed by atoms with E-state index >= 15 is 0 Å². The molecule has 17 heavy (non-hydrogen) atoms. The molecule has 0 fully saturated rings. The van der Waals surface area contributed by atoms with E-state index in [0.717, 1.165) is 5.46 Å². The van der Waals surface area contributed by atoms with E-state index in [4.69, 9.17) is 7.85 Å². The van der Waals surface area contributed by atoms with E-state index in [0.29, 0.717) is 5.92 Å². The highest BCUT2D eigenvalue weighted by molar-refractivity contribution is 6.32. The summed E-state index contributed by atoms with van der Waals surface area (Å²) in [6, 6.07) is 4.07. The van der Waals surface area contributed by atoms with E-state index in [9.17, 15) is 0 Å². The van der Waals surface area contributed by atoms with Crippen LogP contribution in [0.15, 0.2) is 18.3 Å². The molecule has 1 aromatic rings. The lowest BCUT2D eigenvalue weighted by Crippen LogP contribution is -2.08. The highest BCUT2D eigenvalue weighted by atomic mass is 14.7. The van der Waals surface area contributed by atoms with Crippen molar-refractivity contribution in [2.45, 2.75) is 64.7 Å². The summed E-state index contributed by atoms with van der Waals surface area (Å²) in [4.78, 5) is 4.49. The monoisotopic (exact) mass is 229 g/mol. The molecule has 92 valence electrons. The Morgan fingerprint density at radius 3 is 2.35 bits per heavy atom. The summed E-state index contributed by atoms with van der Waals surface area (Å²) in [7, 11) is 5.69. The molecule has 0 bridgehead atoms. The van der Waals surface area contributed by atoms with Crippen molar-refractivity contribution in [2.75, 3.05) is 0 Å². The molecule has 0 aromatic carbocycles. The number of rotatable bonds is 8. The van der Waals surface area contributed by atoms with E-state index in [-0.39, 0.29) is 0 Å².